The molecular weight excluding hydrogens is 422 g/mol. The maximum absolute atomic E-state index is 9.29. The van der Waals surface area contributed by atoms with Crippen LogP contribution < -0.4 is 15.1 Å². The van der Waals surface area contributed by atoms with Gasteiger partial charge in [0.25, 0.3) is 0 Å². The number of imidazole rings is 1. The Balaban J connectivity index is 2.25. The lowest BCUT2D eigenvalue weighted by Gasteiger charge is -2.13. The molecule has 0 fully saturated rings. The van der Waals surface area contributed by atoms with E-state index in [9.17, 15) is 5.26 Å². The molecule has 0 aliphatic heterocycles. The van der Waals surface area contributed by atoms with Crippen molar-refractivity contribution in [1.82, 2.24) is 14.1 Å². The zero-order valence-corrected chi connectivity index (χ0v) is 17.1. The minimum atomic E-state index is 0.468. The molecule has 7 nitrogen and oxygen atoms in total. The summed E-state index contributed by atoms with van der Waals surface area (Å²) in [5.41, 5.74) is 3.78. The maximum Gasteiger partial charge on any atom is 0.226 e. The second-order valence-electron chi connectivity index (χ2n) is 6.10. The summed E-state index contributed by atoms with van der Waals surface area (Å²) in [6.07, 6.45) is 3.69. The zero-order chi connectivity index (χ0) is 19.8. The third-order valence-electron chi connectivity index (χ3n) is 4.65. The normalized spacial score (nSPS) is 11.8. The fourth-order valence-corrected chi connectivity index (χ4v) is 3.71. The molecule has 0 saturated heterocycles. The molecule has 0 amide bonds. The van der Waals surface area contributed by atoms with Crippen molar-refractivity contribution < 1.29 is 9.47 Å². The highest BCUT2D eigenvalue weighted by atomic mass is 79.9. The summed E-state index contributed by atoms with van der Waals surface area (Å²) in [6, 6.07) is 11.4. The summed E-state index contributed by atoms with van der Waals surface area (Å²) in [5, 5.41) is 10.2. The van der Waals surface area contributed by atoms with E-state index in [2.05, 4.69) is 25.9 Å². The standard InChI is InChI=1S/C20H16BrN5O2/c1-25-17-10-23-15-6-4-12(21)8-14(15)19(17)26(20(25)24-11-22)16-7-5-13(27-2)9-18(16)28-3/h4-10H,1-3H3/b24-20-. The van der Waals surface area contributed by atoms with E-state index in [1.54, 1.807) is 26.5 Å². The van der Waals surface area contributed by atoms with Gasteiger partial charge in [0.15, 0.2) is 0 Å². The molecule has 0 aliphatic rings. The van der Waals surface area contributed by atoms with Crippen LogP contribution >= 0.6 is 15.9 Å². The summed E-state index contributed by atoms with van der Waals surface area (Å²) in [7, 11) is 5.06. The van der Waals surface area contributed by atoms with E-state index in [1.165, 1.54) is 0 Å². The van der Waals surface area contributed by atoms with Crippen molar-refractivity contribution in [2.24, 2.45) is 12.0 Å². The monoisotopic (exact) mass is 437 g/mol. The number of fused-ring (bicyclic) bond motifs is 3. The SMILES string of the molecule is COc1ccc(-n2/c(=N\C#N)n(C)c3cnc4ccc(Br)cc4c32)c(OC)c1. The second-order valence-corrected chi connectivity index (χ2v) is 7.01. The van der Waals surface area contributed by atoms with Crippen molar-refractivity contribution in [3.8, 4) is 23.4 Å². The van der Waals surface area contributed by atoms with E-state index in [-0.39, 0.29) is 0 Å². The molecule has 8 heteroatoms. The molecule has 4 aromatic rings. The Hall–Kier alpha value is -3.31. The van der Waals surface area contributed by atoms with Crippen LogP contribution in [0.25, 0.3) is 27.6 Å². The Bertz CT molecular complexity index is 1330. The van der Waals surface area contributed by atoms with Crippen molar-refractivity contribution in [2.45, 2.75) is 0 Å². The quantitative estimate of drug-likeness (QED) is 0.458. The lowest BCUT2D eigenvalue weighted by molar-refractivity contribution is 0.393. The molecule has 0 atom stereocenters. The van der Waals surface area contributed by atoms with Crippen LogP contribution in [0.4, 0.5) is 0 Å². The zero-order valence-electron chi connectivity index (χ0n) is 15.5. The highest BCUT2D eigenvalue weighted by Gasteiger charge is 2.18. The molecule has 0 spiro atoms. The number of nitrogens with zero attached hydrogens (tertiary/aromatic N) is 5. The molecule has 28 heavy (non-hydrogen) atoms. The van der Waals surface area contributed by atoms with Crippen LogP contribution in [-0.4, -0.2) is 28.3 Å². The number of nitriles is 1. The first-order valence-electron chi connectivity index (χ1n) is 8.40. The lowest BCUT2D eigenvalue weighted by atomic mass is 10.2. The van der Waals surface area contributed by atoms with Crippen molar-refractivity contribution >= 4 is 37.9 Å². The van der Waals surface area contributed by atoms with Crippen molar-refractivity contribution in [3.05, 3.63) is 52.7 Å². The van der Waals surface area contributed by atoms with Crippen molar-refractivity contribution in [1.29, 1.82) is 5.26 Å². The number of benzene rings is 2. The Labute approximate surface area is 169 Å². The summed E-state index contributed by atoms with van der Waals surface area (Å²) < 4.78 is 15.6. The fourth-order valence-electron chi connectivity index (χ4n) is 3.35. The Morgan fingerprint density at radius 3 is 2.68 bits per heavy atom. The minimum Gasteiger partial charge on any atom is -0.497 e. The number of rotatable bonds is 3. The van der Waals surface area contributed by atoms with Crippen molar-refractivity contribution in [2.75, 3.05) is 14.2 Å². The molecule has 140 valence electrons. The first-order chi connectivity index (χ1) is 13.6. The average molecular weight is 438 g/mol. The first kappa shape index (κ1) is 18.1. The van der Waals surface area contributed by atoms with E-state index in [1.807, 2.05) is 52.7 Å². The lowest BCUT2D eigenvalue weighted by Crippen LogP contribution is -2.23. The number of ether oxygens (including phenoxy) is 2. The second kappa shape index (κ2) is 7.02. The number of aromatic nitrogens is 3. The summed E-state index contributed by atoms with van der Waals surface area (Å²) >= 11 is 3.54. The number of methoxy groups -OCH3 is 2. The molecular formula is C20H16BrN5O2. The van der Waals surface area contributed by atoms with E-state index < -0.39 is 0 Å². The third-order valence-corrected chi connectivity index (χ3v) is 5.14. The highest BCUT2D eigenvalue weighted by Crippen LogP contribution is 2.32. The number of halogens is 1. The van der Waals surface area contributed by atoms with Gasteiger partial charge in [-0.25, -0.2) is 0 Å². The molecule has 2 heterocycles. The van der Waals surface area contributed by atoms with Crippen LogP contribution in [0, 0.1) is 11.5 Å². The van der Waals surface area contributed by atoms with Crippen molar-refractivity contribution in [3.63, 3.8) is 0 Å². The van der Waals surface area contributed by atoms with Gasteiger partial charge in [-0.2, -0.15) is 5.26 Å². The van der Waals surface area contributed by atoms with Gasteiger partial charge >= 0.3 is 0 Å². The average Bonchev–Trinajstić information content (AvgIpc) is 3.00. The van der Waals surface area contributed by atoms with Crippen LogP contribution in [0.2, 0.25) is 0 Å². The van der Waals surface area contributed by atoms with E-state index in [0.29, 0.717) is 17.1 Å². The largest absolute Gasteiger partial charge is 0.497 e. The minimum absolute atomic E-state index is 0.468. The van der Waals surface area contributed by atoms with E-state index in [0.717, 1.165) is 32.1 Å². The maximum atomic E-state index is 9.29. The molecule has 2 aromatic heterocycles. The molecule has 0 unspecified atom stereocenters. The van der Waals surface area contributed by atoms with Crippen LogP contribution in [0.5, 0.6) is 11.5 Å². The topological polar surface area (TPSA) is 77.4 Å². The number of hydrogen-bond acceptors (Lipinski definition) is 5. The summed E-state index contributed by atoms with van der Waals surface area (Å²) in [6.45, 7) is 0. The van der Waals surface area contributed by atoms with Gasteiger partial charge in [0, 0.05) is 23.0 Å². The third kappa shape index (κ3) is 2.72. The van der Waals surface area contributed by atoms with Gasteiger partial charge in [0.2, 0.25) is 11.8 Å². The predicted octanol–water partition coefficient (Wildman–Crippen LogP) is 3.68. The van der Waals surface area contributed by atoms with Crippen LogP contribution in [0.15, 0.2) is 52.1 Å². The Morgan fingerprint density at radius 1 is 1.14 bits per heavy atom. The predicted molar refractivity (Wildman–Crippen MR) is 110 cm³/mol. The molecule has 0 N–H and O–H groups in total. The van der Waals surface area contributed by atoms with Gasteiger partial charge in [0.1, 0.15) is 11.5 Å². The van der Waals surface area contributed by atoms with Gasteiger partial charge in [-0.3, -0.25) is 9.55 Å². The number of aryl methyl sites for hydroxylation is 1. The fraction of sp³-hybridized carbons (Fsp3) is 0.150. The Morgan fingerprint density at radius 2 is 1.96 bits per heavy atom. The smallest absolute Gasteiger partial charge is 0.226 e. The van der Waals surface area contributed by atoms with Crippen LogP contribution in [-0.2, 0) is 7.05 Å². The molecule has 0 saturated carbocycles. The highest BCUT2D eigenvalue weighted by molar-refractivity contribution is 9.10. The number of pyridine rings is 1. The van der Waals surface area contributed by atoms with Gasteiger partial charge in [-0.1, -0.05) is 15.9 Å². The number of hydrogen-bond donors (Lipinski definition) is 0. The van der Waals surface area contributed by atoms with Gasteiger partial charge < -0.3 is 14.0 Å². The van der Waals surface area contributed by atoms with Gasteiger partial charge in [-0.15, -0.1) is 4.99 Å². The van der Waals surface area contributed by atoms with Gasteiger partial charge in [0.05, 0.1) is 42.7 Å². The van der Waals surface area contributed by atoms with Crippen LogP contribution in [0.3, 0.4) is 0 Å². The van der Waals surface area contributed by atoms with E-state index >= 15 is 0 Å². The summed E-state index contributed by atoms with van der Waals surface area (Å²) in [4.78, 5) is 8.63. The molecule has 0 bridgehead atoms. The molecule has 0 radical (unpaired) electrons. The van der Waals surface area contributed by atoms with E-state index in [4.69, 9.17) is 9.47 Å². The molecule has 0 aliphatic carbocycles. The Kier molecular flexibility index (Phi) is 4.53. The first-order valence-corrected chi connectivity index (χ1v) is 9.19. The molecule has 2 aromatic carbocycles. The van der Waals surface area contributed by atoms with Crippen LogP contribution in [0.1, 0.15) is 0 Å². The summed E-state index contributed by atoms with van der Waals surface area (Å²) in [5.74, 6) is 1.28. The van der Waals surface area contributed by atoms with Gasteiger partial charge in [-0.05, 0) is 30.3 Å². The molecule has 4 rings (SSSR count).